The number of aromatic nitrogens is 2. The minimum Gasteiger partial charge on any atom is -0.493 e. The largest absolute Gasteiger partial charge is 0.493 e. The van der Waals surface area contributed by atoms with E-state index in [-0.39, 0.29) is 11.4 Å². The van der Waals surface area contributed by atoms with Gasteiger partial charge in [0.25, 0.3) is 5.91 Å². The number of ether oxygens (including phenoxy) is 2. The van der Waals surface area contributed by atoms with Gasteiger partial charge in [0.05, 0.1) is 19.9 Å². The van der Waals surface area contributed by atoms with Crippen LogP contribution in [-0.4, -0.2) is 35.4 Å². The number of nitrogens with zero attached hydrogens (tertiary/aromatic N) is 2. The number of aryl methyl sites for hydroxylation is 1. The lowest BCUT2D eigenvalue weighted by Gasteiger charge is -2.19. The molecule has 1 aromatic heterocycles. The Hall–Kier alpha value is -2.50. The van der Waals surface area contributed by atoms with Crippen LogP contribution in [-0.2, 0) is 13.5 Å². The Morgan fingerprint density at radius 1 is 1.21 bits per heavy atom. The average Bonchev–Trinajstić information content (AvgIpc) is 3.01. The number of amides is 1. The molecule has 1 aliphatic carbocycles. The molecule has 0 aliphatic heterocycles. The zero-order chi connectivity index (χ0) is 17.6. The summed E-state index contributed by atoms with van der Waals surface area (Å²) in [6.45, 7) is 5.87. The lowest BCUT2D eigenvalue weighted by Crippen LogP contribution is -2.41. The van der Waals surface area contributed by atoms with Gasteiger partial charge in [-0.05, 0) is 38.5 Å². The van der Waals surface area contributed by atoms with Crippen molar-refractivity contribution in [1.29, 1.82) is 0 Å². The van der Waals surface area contributed by atoms with Gasteiger partial charge in [-0.15, -0.1) is 0 Å². The SMILES string of the molecule is COc1cc2c(cc1OC)-c1c(c(C(=O)NC(C)(C)C)nn1C)C2. The molecule has 6 nitrogen and oxygen atoms in total. The number of carbonyl (C=O) groups is 1. The Kier molecular flexibility index (Phi) is 3.78. The Morgan fingerprint density at radius 3 is 2.42 bits per heavy atom. The first-order chi connectivity index (χ1) is 11.2. The molecule has 2 aromatic rings. The van der Waals surface area contributed by atoms with E-state index in [1.54, 1.807) is 18.9 Å². The van der Waals surface area contributed by atoms with Crippen LogP contribution in [0.4, 0.5) is 0 Å². The van der Waals surface area contributed by atoms with Crippen molar-refractivity contribution in [3.63, 3.8) is 0 Å². The lowest BCUT2D eigenvalue weighted by molar-refractivity contribution is 0.0913. The van der Waals surface area contributed by atoms with Crippen LogP contribution in [0.1, 0.15) is 42.4 Å². The number of nitrogens with one attached hydrogen (secondary N) is 1. The van der Waals surface area contributed by atoms with Gasteiger partial charge in [-0.3, -0.25) is 9.48 Å². The van der Waals surface area contributed by atoms with Crippen molar-refractivity contribution in [3.8, 4) is 22.8 Å². The van der Waals surface area contributed by atoms with Crippen LogP contribution in [0.25, 0.3) is 11.3 Å². The second kappa shape index (κ2) is 5.54. The fourth-order valence-corrected chi connectivity index (χ4v) is 3.13. The normalized spacial score (nSPS) is 12.6. The Bertz CT molecular complexity index is 816. The number of carbonyl (C=O) groups excluding carboxylic acids is 1. The molecule has 0 spiro atoms. The van der Waals surface area contributed by atoms with Crippen LogP contribution >= 0.6 is 0 Å². The van der Waals surface area contributed by atoms with Gasteiger partial charge >= 0.3 is 0 Å². The first-order valence-electron chi connectivity index (χ1n) is 7.89. The summed E-state index contributed by atoms with van der Waals surface area (Å²) < 4.78 is 12.6. The van der Waals surface area contributed by atoms with Crippen molar-refractivity contribution in [2.75, 3.05) is 14.2 Å². The molecule has 1 aromatic carbocycles. The maximum absolute atomic E-state index is 12.6. The topological polar surface area (TPSA) is 65.4 Å². The van der Waals surface area contributed by atoms with E-state index in [1.165, 1.54) is 0 Å². The predicted octanol–water partition coefficient (Wildman–Crippen LogP) is 2.54. The molecule has 128 valence electrons. The second-order valence-corrected chi connectivity index (χ2v) is 7.04. The molecule has 1 aliphatic rings. The second-order valence-electron chi connectivity index (χ2n) is 7.04. The van der Waals surface area contributed by atoms with Gasteiger partial charge in [-0.25, -0.2) is 0 Å². The molecule has 0 radical (unpaired) electrons. The van der Waals surface area contributed by atoms with Crippen molar-refractivity contribution in [2.24, 2.45) is 7.05 Å². The first-order valence-corrected chi connectivity index (χ1v) is 7.89. The molecule has 0 bridgehead atoms. The fourth-order valence-electron chi connectivity index (χ4n) is 3.13. The van der Waals surface area contributed by atoms with E-state index in [0.717, 1.165) is 22.4 Å². The van der Waals surface area contributed by atoms with Gasteiger partial charge in [-0.2, -0.15) is 5.10 Å². The van der Waals surface area contributed by atoms with Gasteiger partial charge in [-0.1, -0.05) is 0 Å². The van der Waals surface area contributed by atoms with Crippen LogP contribution in [0, 0.1) is 0 Å². The number of methoxy groups -OCH3 is 2. The summed E-state index contributed by atoms with van der Waals surface area (Å²) in [5.74, 6) is 1.22. The van der Waals surface area contributed by atoms with Crippen molar-refractivity contribution in [2.45, 2.75) is 32.7 Å². The van der Waals surface area contributed by atoms with E-state index < -0.39 is 0 Å². The molecule has 3 rings (SSSR count). The summed E-state index contributed by atoms with van der Waals surface area (Å²) in [5.41, 5.74) is 4.23. The first kappa shape index (κ1) is 16.4. The third-order valence-corrected chi connectivity index (χ3v) is 4.08. The molecule has 24 heavy (non-hydrogen) atoms. The number of benzene rings is 1. The summed E-state index contributed by atoms with van der Waals surface area (Å²) in [6.07, 6.45) is 0.658. The zero-order valence-corrected chi connectivity index (χ0v) is 15.0. The van der Waals surface area contributed by atoms with E-state index in [2.05, 4.69) is 10.4 Å². The lowest BCUT2D eigenvalue weighted by atomic mass is 10.1. The summed E-state index contributed by atoms with van der Waals surface area (Å²) in [7, 11) is 5.10. The standard InChI is InChI=1S/C18H23N3O3/c1-18(2,3)19-17(22)15-12-7-10-8-13(23-5)14(24-6)9-11(10)16(12)21(4)20-15/h8-9H,7H2,1-6H3,(H,19,22). The smallest absolute Gasteiger partial charge is 0.272 e. The highest BCUT2D eigenvalue weighted by Gasteiger charge is 2.31. The van der Waals surface area contributed by atoms with Crippen LogP contribution in [0.15, 0.2) is 12.1 Å². The van der Waals surface area contributed by atoms with E-state index in [9.17, 15) is 4.79 Å². The molecule has 0 unspecified atom stereocenters. The highest BCUT2D eigenvalue weighted by molar-refractivity contribution is 5.97. The minimum atomic E-state index is -0.306. The number of hydrogen-bond donors (Lipinski definition) is 1. The molecule has 6 heteroatoms. The molecule has 0 saturated carbocycles. The Labute approximate surface area is 141 Å². The predicted molar refractivity (Wildman–Crippen MR) is 91.8 cm³/mol. The Balaban J connectivity index is 2.07. The summed E-state index contributed by atoms with van der Waals surface area (Å²) in [4.78, 5) is 12.6. The molecular weight excluding hydrogens is 306 g/mol. The maximum atomic E-state index is 12.6. The van der Waals surface area contributed by atoms with E-state index in [4.69, 9.17) is 9.47 Å². The number of fused-ring (bicyclic) bond motifs is 3. The Morgan fingerprint density at radius 2 is 1.83 bits per heavy atom. The van der Waals surface area contributed by atoms with Crippen molar-refractivity contribution >= 4 is 5.91 Å². The molecule has 1 heterocycles. The van der Waals surface area contributed by atoms with E-state index in [0.29, 0.717) is 23.6 Å². The molecule has 1 N–H and O–H groups in total. The fraction of sp³-hybridized carbons (Fsp3) is 0.444. The zero-order valence-electron chi connectivity index (χ0n) is 15.0. The third kappa shape index (κ3) is 2.62. The van der Waals surface area contributed by atoms with Gasteiger partial charge in [0.15, 0.2) is 17.2 Å². The molecular formula is C18H23N3O3. The highest BCUT2D eigenvalue weighted by atomic mass is 16.5. The summed E-state index contributed by atoms with van der Waals surface area (Å²) in [5, 5.41) is 7.43. The third-order valence-electron chi connectivity index (χ3n) is 4.08. The molecule has 0 fully saturated rings. The quantitative estimate of drug-likeness (QED) is 0.802. The van der Waals surface area contributed by atoms with Crippen LogP contribution in [0.5, 0.6) is 11.5 Å². The van der Waals surface area contributed by atoms with Crippen LogP contribution in [0.3, 0.4) is 0 Å². The summed E-state index contributed by atoms with van der Waals surface area (Å²) in [6, 6.07) is 3.92. The van der Waals surface area contributed by atoms with Gasteiger partial charge in [0.2, 0.25) is 0 Å². The van der Waals surface area contributed by atoms with Gasteiger partial charge < -0.3 is 14.8 Å². The van der Waals surface area contributed by atoms with Gasteiger partial charge in [0, 0.05) is 30.1 Å². The minimum absolute atomic E-state index is 0.147. The van der Waals surface area contributed by atoms with Crippen molar-refractivity contribution in [3.05, 3.63) is 29.0 Å². The van der Waals surface area contributed by atoms with E-state index >= 15 is 0 Å². The average molecular weight is 329 g/mol. The van der Waals surface area contributed by atoms with E-state index in [1.807, 2.05) is 40.0 Å². The summed E-state index contributed by atoms with van der Waals surface area (Å²) >= 11 is 0. The number of hydrogen-bond acceptors (Lipinski definition) is 4. The highest BCUT2D eigenvalue weighted by Crippen LogP contribution is 2.43. The number of rotatable bonds is 3. The molecule has 0 saturated heterocycles. The van der Waals surface area contributed by atoms with Crippen LogP contribution in [0.2, 0.25) is 0 Å². The monoisotopic (exact) mass is 329 g/mol. The van der Waals surface area contributed by atoms with Crippen LogP contribution < -0.4 is 14.8 Å². The molecule has 0 atom stereocenters. The van der Waals surface area contributed by atoms with Crippen molar-refractivity contribution in [1.82, 2.24) is 15.1 Å². The van der Waals surface area contributed by atoms with Crippen molar-refractivity contribution < 1.29 is 14.3 Å². The molecule has 1 amide bonds. The maximum Gasteiger partial charge on any atom is 0.272 e. The van der Waals surface area contributed by atoms with Gasteiger partial charge in [0.1, 0.15) is 0 Å².